The van der Waals surface area contributed by atoms with Crippen molar-refractivity contribution in [2.24, 2.45) is 0 Å². The summed E-state index contributed by atoms with van der Waals surface area (Å²) in [6.07, 6.45) is 0.502. The molecule has 1 atom stereocenters. The van der Waals surface area contributed by atoms with Crippen molar-refractivity contribution in [2.75, 3.05) is 16.8 Å². The average molecular weight is 392 g/mol. The van der Waals surface area contributed by atoms with Gasteiger partial charge in [0.05, 0.1) is 0 Å². The van der Waals surface area contributed by atoms with Crippen molar-refractivity contribution < 1.29 is 14.0 Å². The molecule has 3 rings (SSSR count). The van der Waals surface area contributed by atoms with E-state index in [1.54, 1.807) is 35.2 Å². The van der Waals surface area contributed by atoms with E-state index in [1.807, 2.05) is 6.07 Å². The van der Waals surface area contributed by atoms with Crippen molar-refractivity contribution in [1.82, 2.24) is 5.32 Å². The normalized spacial score (nSPS) is 17.0. The standard InChI is InChI=1S/C17H15BrFN3O2/c18-11-2-1-3-13(10-11)20-17(24)21-15-8-9-22(16(15)23)14-6-4-12(19)5-7-14/h1-7,10,15H,8-9H2,(H2,20,21,24)/t15-/m1/s1. The van der Waals surface area contributed by atoms with Gasteiger partial charge in [0.2, 0.25) is 5.91 Å². The number of urea groups is 1. The highest BCUT2D eigenvalue weighted by atomic mass is 79.9. The minimum absolute atomic E-state index is 0.203. The van der Waals surface area contributed by atoms with Crippen molar-refractivity contribution in [3.8, 4) is 0 Å². The van der Waals surface area contributed by atoms with Crippen LogP contribution in [-0.2, 0) is 4.79 Å². The van der Waals surface area contributed by atoms with Crippen LogP contribution in [0, 0.1) is 5.82 Å². The van der Waals surface area contributed by atoms with Crippen LogP contribution in [0.15, 0.2) is 53.0 Å². The van der Waals surface area contributed by atoms with Crippen LogP contribution in [0.3, 0.4) is 0 Å². The van der Waals surface area contributed by atoms with E-state index < -0.39 is 12.1 Å². The Kier molecular flexibility index (Phi) is 4.80. The molecule has 1 aliphatic heterocycles. The molecule has 5 nitrogen and oxygen atoms in total. The molecule has 1 heterocycles. The average Bonchev–Trinajstić information content (AvgIpc) is 2.89. The summed E-state index contributed by atoms with van der Waals surface area (Å²) in [6, 6.07) is 11.9. The summed E-state index contributed by atoms with van der Waals surface area (Å²) < 4.78 is 13.8. The summed E-state index contributed by atoms with van der Waals surface area (Å²) in [6.45, 7) is 0.478. The number of benzene rings is 2. The van der Waals surface area contributed by atoms with Crippen LogP contribution >= 0.6 is 15.9 Å². The molecule has 1 saturated heterocycles. The van der Waals surface area contributed by atoms with E-state index in [1.165, 1.54) is 12.1 Å². The molecular formula is C17H15BrFN3O2. The van der Waals surface area contributed by atoms with Crippen LogP contribution in [0.2, 0.25) is 0 Å². The first kappa shape index (κ1) is 16.4. The molecule has 0 bridgehead atoms. The SMILES string of the molecule is O=C(Nc1cccc(Br)c1)N[C@@H]1CCN(c2ccc(F)cc2)C1=O. The maximum Gasteiger partial charge on any atom is 0.319 e. The van der Waals surface area contributed by atoms with Crippen LogP contribution in [0.4, 0.5) is 20.6 Å². The number of nitrogens with one attached hydrogen (secondary N) is 2. The Morgan fingerprint density at radius 1 is 1.21 bits per heavy atom. The fourth-order valence-corrected chi connectivity index (χ4v) is 2.98. The van der Waals surface area contributed by atoms with Gasteiger partial charge in [-0.25, -0.2) is 9.18 Å². The molecule has 24 heavy (non-hydrogen) atoms. The van der Waals surface area contributed by atoms with Crippen LogP contribution in [0.5, 0.6) is 0 Å². The number of carbonyl (C=O) groups excluding carboxylic acids is 2. The number of halogens is 2. The zero-order valence-electron chi connectivity index (χ0n) is 12.6. The van der Waals surface area contributed by atoms with Gasteiger partial charge in [-0.3, -0.25) is 4.79 Å². The molecule has 0 spiro atoms. The fraction of sp³-hybridized carbons (Fsp3) is 0.176. The Balaban J connectivity index is 1.61. The molecule has 2 aromatic carbocycles. The van der Waals surface area contributed by atoms with Gasteiger partial charge in [0.25, 0.3) is 0 Å². The molecule has 2 aromatic rings. The van der Waals surface area contributed by atoms with Crippen molar-refractivity contribution in [1.29, 1.82) is 0 Å². The van der Waals surface area contributed by atoms with Gasteiger partial charge in [-0.15, -0.1) is 0 Å². The molecule has 1 fully saturated rings. The van der Waals surface area contributed by atoms with E-state index >= 15 is 0 Å². The van der Waals surface area contributed by atoms with E-state index in [0.29, 0.717) is 24.3 Å². The van der Waals surface area contributed by atoms with Crippen LogP contribution in [0.25, 0.3) is 0 Å². The number of carbonyl (C=O) groups is 2. The van der Waals surface area contributed by atoms with Crippen LogP contribution in [0.1, 0.15) is 6.42 Å². The van der Waals surface area contributed by atoms with Gasteiger partial charge in [-0.05, 0) is 48.9 Å². The molecule has 3 amide bonds. The largest absolute Gasteiger partial charge is 0.326 e. The molecule has 124 valence electrons. The molecule has 0 unspecified atom stereocenters. The molecular weight excluding hydrogens is 377 g/mol. The lowest BCUT2D eigenvalue weighted by Crippen LogP contribution is -2.43. The van der Waals surface area contributed by atoms with E-state index in [-0.39, 0.29) is 11.7 Å². The summed E-state index contributed by atoms with van der Waals surface area (Å²) in [5.74, 6) is -0.556. The van der Waals surface area contributed by atoms with Gasteiger partial charge in [-0.1, -0.05) is 22.0 Å². The number of anilines is 2. The van der Waals surface area contributed by atoms with Crippen LogP contribution in [-0.4, -0.2) is 24.5 Å². The molecule has 1 aliphatic rings. The van der Waals surface area contributed by atoms with Crippen LogP contribution < -0.4 is 15.5 Å². The van der Waals surface area contributed by atoms with Gasteiger partial charge < -0.3 is 15.5 Å². The topological polar surface area (TPSA) is 61.4 Å². The predicted molar refractivity (Wildman–Crippen MR) is 93.5 cm³/mol. The Labute approximate surface area is 147 Å². The minimum atomic E-state index is -0.595. The number of hydrogen-bond donors (Lipinski definition) is 2. The number of hydrogen-bond acceptors (Lipinski definition) is 2. The van der Waals surface area contributed by atoms with Gasteiger partial charge in [0.15, 0.2) is 0 Å². The maximum absolute atomic E-state index is 13.0. The summed E-state index contributed by atoms with van der Waals surface area (Å²) in [7, 11) is 0. The summed E-state index contributed by atoms with van der Waals surface area (Å²) in [5.41, 5.74) is 1.25. The van der Waals surface area contributed by atoms with Crippen molar-refractivity contribution in [3.05, 3.63) is 58.8 Å². The van der Waals surface area contributed by atoms with Gasteiger partial charge in [0.1, 0.15) is 11.9 Å². The highest BCUT2D eigenvalue weighted by Gasteiger charge is 2.33. The van der Waals surface area contributed by atoms with Crippen molar-refractivity contribution in [2.45, 2.75) is 12.5 Å². The van der Waals surface area contributed by atoms with E-state index in [9.17, 15) is 14.0 Å². The third-order valence-electron chi connectivity index (χ3n) is 3.73. The molecule has 2 N–H and O–H groups in total. The summed E-state index contributed by atoms with van der Waals surface area (Å²) in [4.78, 5) is 26.0. The van der Waals surface area contributed by atoms with E-state index in [0.717, 1.165) is 4.47 Å². The fourth-order valence-electron chi connectivity index (χ4n) is 2.58. The molecule has 0 aliphatic carbocycles. The molecule has 0 radical (unpaired) electrons. The second-order valence-electron chi connectivity index (χ2n) is 5.42. The number of amides is 3. The van der Waals surface area contributed by atoms with Crippen molar-refractivity contribution >= 4 is 39.2 Å². The third-order valence-corrected chi connectivity index (χ3v) is 4.22. The highest BCUT2D eigenvalue weighted by molar-refractivity contribution is 9.10. The van der Waals surface area contributed by atoms with Crippen molar-refractivity contribution in [3.63, 3.8) is 0 Å². The Bertz CT molecular complexity index is 767. The number of rotatable bonds is 3. The lowest BCUT2D eigenvalue weighted by molar-refractivity contribution is -0.118. The third kappa shape index (κ3) is 3.73. The summed E-state index contributed by atoms with van der Waals surface area (Å²) in [5, 5.41) is 5.37. The van der Waals surface area contributed by atoms with Gasteiger partial charge in [-0.2, -0.15) is 0 Å². The Morgan fingerprint density at radius 3 is 2.67 bits per heavy atom. The molecule has 7 heteroatoms. The zero-order chi connectivity index (χ0) is 17.1. The quantitative estimate of drug-likeness (QED) is 0.840. The lowest BCUT2D eigenvalue weighted by atomic mass is 10.2. The van der Waals surface area contributed by atoms with E-state index in [4.69, 9.17) is 0 Å². The smallest absolute Gasteiger partial charge is 0.319 e. The first-order valence-corrected chi connectivity index (χ1v) is 8.22. The predicted octanol–water partition coefficient (Wildman–Crippen LogP) is 3.52. The monoisotopic (exact) mass is 391 g/mol. The summed E-state index contributed by atoms with van der Waals surface area (Å²) >= 11 is 3.33. The van der Waals surface area contributed by atoms with E-state index in [2.05, 4.69) is 26.6 Å². The minimum Gasteiger partial charge on any atom is -0.326 e. The Hall–Kier alpha value is -2.41. The second-order valence-corrected chi connectivity index (χ2v) is 6.33. The van der Waals surface area contributed by atoms with Gasteiger partial charge >= 0.3 is 6.03 Å². The number of nitrogens with zero attached hydrogens (tertiary/aromatic N) is 1. The lowest BCUT2D eigenvalue weighted by Gasteiger charge is -2.17. The zero-order valence-corrected chi connectivity index (χ0v) is 14.2. The first-order chi connectivity index (χ1) is 11.5. The molecule has 0 saturated carbocycles. The highest BCUT2D eigenvalue weighted by Crippen LogP contribution is 2.22. The first-order valence-electron chi connectivity index (χ1n) is 7.43. The van der Waals surface area contributed by atoms with Gasteiger partial charge in [0, 0.05) is 22.4 Å². The second kappa shape index (κ2) is 7.00. The maximum atomic E-state index is 13.0. The Morgan fingerprint density at radius 2 is 1.96 bits per heavy atom. The molecule has 0 aromatic heterocycles.